The number of hydrogen-bond acceptors (Lipinski definition) is 3. The van der Waals surface area contributed by atoms with Crippen LogP contribution in [0.5, 0.6) is 0 Å². The molecule has 1 atom stereocenters. The lowest BCUT2D eigenvalue weighted by atomic mass is 10.0. The van der Waals surface area contributed by atoms with Crippen LogP contribution in [0.1, 0.15) is 13.3 Å². The van der Waals surface area contributed by atoms with Gasteiger partial charge in [0.05, 0.1) is 18.5 Å². The summed E-state index contributed by atoms with van der Waals surface area (Å²) in [7, 11) is 2.06. The highest BCUT2D eigenvalue weighted by Crippen LogP contribution is 2.30. The molecular formula is C20H25ClN4O. The second-order valence-electron chi connectivity index (χ2n) is 6.66. The summed E-state index contributed by atoms with van der Waals surface area (Å²) in [5.41, 5.74) is 2.68. The van der Waals surface area contributed by atoms with Crippen molar-refractivity contribution in [2.75, 3.05) is 32.1 Å². The number of likely N-dealkylation sites (N-methyl/N-ethyl adjacent to an activating group) is 1. The van der Waals surface area contributed by atoms with Gasteiger partial charge in [-0.2, -0.15) is 0 Å². The summed E-state index contributed by atoms with van der Waals surface area (Å²) in [4.78, 5) is 17.1. The maximum absolute atomic E-state index is 12.6. The molecule has 6 heteroatoms. The first-order chi connectivity index (χ1) is 12.6. The van der Waals surface area contributed by atoms with Gasteiger partial charge in [0.2, 0.25) is 0 Å². The van der Waals surface area contributed by atoms with E-state index < -0.39 is 0 Å². The number of carbonyl (C=O) groups excluding carboxylic acids is 1. The first-order valence-corrected chi connectivity index (χ1v) is 9.29. The Labute approximate surface area is 159 Å². The summed E-state index contributed by atoms with van der Waals surface area (Å²) in [6.07, 6.45) is 1.07. The molecule has 0 aromatic heterocycles. The standard InChI is InChI=1S/C20H25ClN4O/c1-3-11-25-14-24(2)13-19(25)23-20(26)22-18-12-16(21)9-10-17(18)15-7-5-4-6-8-15/h4-10,12,19H,3,11,13-14H2,1-2H3,(H2,22,23,26)/t19-/m1/s1. The van der Waals surface area contributed by atoms with Gasteiger partial charge >= 0.3 is 6.03 Å². The van der Waals surface area contributed by atoms with Crippen LogP contribution >= 0.6 is 11.6 Å². The number of anilines is 1. The second-order valence-corrected chi connectivity index (χ2v) is 7.10. The average molecular weight is 373 g/mol. The monoisotopic (exact) mass is 372 g/mol. The molecule has 5 nitrogen and oxygen atoms in total. The Balaban J connectivity index is 1.74. The number of carbonyl (C=O) groups is 1. The smallest absolute Gasteiger partial charge is 0.320 e. The molecule has 2 amide bonds. The lowest BCUT2D eigenvalue weighted by Gasteiger charge is -2.24. The van der Waals surface area contributed by atoms with E-state index in [1.165, 1.54) is 0 Å². The molecule has 3 rings (SSSR count). The molecule has 0 spiro atoms. The van der Waals surface area contributed by atoms with Gasteiger partial charge in [0.15, 0.2) is 0 Å². The Hall–Kier alpha value is -2.08. The van der Waals surface area contributed by atoms with E-state index in [1.54, 1.807) is 6.07 Å². The Kier molecular flexibility index (Phi) is 6.14. The number of rotatable bonds is 5. The fourth-order valence-electron chi connectivity index (χ4n) is 3.33. The Bertz CT molecular complexity index is 753. The number of halogens is 1. The third-order valence-electron chi connectivity index (χ3n) is 4.47. The van der Waals surface area contributed by atoms with Crippen molar-refractivity contribution >= 4 is 23.3 Å². The number of benzene rings is 2. The molecule has 0 radical (unpaired) electrons. The van der Waals surface area contributed by atoms with E-state index in [4.69, 9.17) is 11.6 Å². The maximum atomic E-state index is 12.6. The molecule has 1 aliphatic rings. The minimum absolute atomic E-state index is 0.0132. The fraction of sp³-hybridized carbons (Fsp3) is 0.350. The highest BCUT2D eigenvalue weighted by molar-refractivity contribution is 6.31. The third kappa shape index (κ3) is 4.55. The van der Waals surface area contributed by atoms with Crippen LogP contribution in [-0.4, -0.2) is 48.8 Å². The number of nitrogens with one attached hydrogen (secondary N) is 2. The van der Waals surface area contributed by atoms with E-state index >= 15 is 0 Å². The number of amides is 2. The van der Waals surface area contributed by atoms with Gasteiger partial charge in [0, 0.05) is 23.7 Å². The van der Waals surface area contributed by atoms with Crippen LogP contribution in [0.2, 0.25) is 5.02 Å². The molecule has 1 saturated heterocycles. The first kappa shape index (κ1) is 18.7. The molecular weight excluding hydrogens is 348 g/mol. The van der Waals surface area contributed by atoms with Crippen molar-refractivity contribution < 1.29 is 4.79 Å². The van der Waals surface area contributed by atoms with E-state index in [1.807, 2.05) is 42.5 Å². The molecule has 2 aromatic rings. The van der Waals surface area contributed by atoms with Gasteiger partial charge in [-0.15, -0.1) is 0 Å². The van der Waals surface area contributed by atoms with Crippen molar-refractivity contribution in [3.63, 3.8) is 0 Å². The molecule has 2 aromatic carbocycles. The average Bonchev–Trinajstić information content (AvgIpc) is 2.95. The van der Waals surface area contributed by atoms with Crippen molar-refractivity contribution in [1.82, 2.24) is 15.1 Å². The number of urea groups is 1. The lowest BCUT2D eigenvalue weighted by molar-refractivity contribution is 0.205. The molecule has 0 saturated carbocycles. The highest BCUT2D eigenvalue weighted by Gasteiger charge is 2.28. The molecule has 1 heterocycles. The van der Waals surface area contributed by atoms with Gasteiger partial charge in [-0.05, 0) is 31.2 Å². The highest BCUT2D eigenvalue weighted by atomic mass is 35.5. The zero-order valence-corrected chi connectivity index (χ0v) is 16.0. The zero-order valence-electron chi connectivity index (χ0n) is 15.2. The minimum atomic E-state index is -0.217. The topological polar surface area (TPSA) is 47.6 Å². The third-order valence-corrected chi connectivity index (χ3v) is 4.71. The molecule has 2 N–H and O–H groups in total. The number of nitrogens with zero attached hydrogens (tertiary/aromatic N) is 2. The van der Waals surface area contributed by atoms with E-state index in [0.29, 0.717) is 10.7 Å². The van der Waals surface area contributed by atoms with Crippen molar-refractivity contribution in [3.8, 4) is 11.1 Å². The molecule has 26 heavy (non-hydrogen) atoms. The van der Waals surface area contributed by atoms with Crippen LogP contribution in [0.25, 0.3) is 11.1 Å². The summed E-state index contributed by atoms with van der Waals surface area (Å²) >= 11 is 6.15. The van der Waals surface area contributed by atoms with E-state index in [2.05, 4.69) is 34.4 Å². The van der Waals surface area contributed by atoms with E-state index in [0.717, 1.165) is 37.3 Å². The minimum Gasteiger partial charge on any atom is -0.321 e. The van der Waals surface area contributed by atoms with Crippen LogP contribution in [-0.2, 0) is 0 Å². The maximum Gasteiger partial charge on any atom is 0.320 e. The number of hydrogen-bond donors (Lipinski definition) is 2. The Morgan fingerprint density at radius 3 is 2.73 bits per heavy atom. The van der Waals surface area contributed by atoms with Crippen LogP contribution in [0.4, 0.5) is 10.5 Å². The summed E-state index contributed by atoms with van der Waals surface area (Å²) in [6.45, 7) is 4.79. The first-order valence-electron chi connectivity index (χ1n) is 8.92. The largest absolute Gasteiger partial charge is 0.321 e. The molecule has 138 valence electrons. The quantitative estimate of drug-likeness (QED) is 0.831. The van der Waals surface area contributed by atoms with Gasteiger partial charge in [-0.3, -0.25) is 9.80 Å². The van der Waals surface area contributed by atoms with Gasteiger partial charge in [-0.1, -0.05) is 54.9 Å². The molecule has 0 aliphatic carbocycles. The van der Waals surface area contributed by atoms with Crippen LogP contribution in [0.3, 0.4) is 0 Å². The molecule has 1 aliphatic heterocycles. The van der Waals surface area contributed by atoms with Crippen molar-refractivity contribution in [1.29, 1.82) is 0 Å². The normalized spacial score (nSPS) is 18.0. The lowest BCUT2D eigenvalue weighted by Crippen LogP contribution is -2.47. The Morgan fingerprint density at radius 2 is 2.00 bits per heavy atom. The summed E-state index contributed by atoms with van der Waals surface area (Å²) < 4.78 is 0. The zero-order chi connectivity index (χ0) is 18.5. The SMILES string of the molecule is CCCN1CN(C)C[C@@H]1NC(=O)Nc1cc(Cl)ccc1-c1ccccc1. The van der Waals surface area contributed by atoms with Crippen LogP contribution in [0.15, 0.2) is 48.5 Å². The van der Waals surface area contributed by atoms with E-state index in [-0.39, 0.29) is 12.2 Å². The molecule has 0 bridgehead atoms. The van der Waals surface area contributed by atoms with Crippen molar-refractivity contribution in [2.45, 2.75) is 19.5 Å². The Morgan fingerprint density at radius 1 is 1.23 bits per heavy atom. The van der Waals surface area contributed by atoms with Gasteiger partial charge in [-0.25, -0.2) is 4.79 Å². The second kappa shape index (κ2) is 8.54. The fourth-order valence-corrected chi connectivity index (χ4v) is 3.50. The summed E-state index contributed by atoms with van der Waals surface area (Å²) in [6, 6.07) is 15.3. The van der Waals surface area contributed by atoms with Gasteiger partial charge in [0.1, 0.15) is 0 Å². The van der Waals surface area contributed by atoms with Crippen LogP contribution < -0.4 is 10.6 Å². The van der Waals surface area contributed by atoms with Crippen molar-refractivity contribution in [3.05, 3.63) is 53.6 Å². The van der Waals surface area contributed by atoms with E-state index in [9.17, 15) is 4.79 Å². The molecule has 0 unspecified atom stereocenters. The van der Waals surface area contributed by atoms with Gasteiger partial charge < -0.3 is 10.6 Å². The van der Waals surface area contributed by atoms with Crippen LogP contribution in [0, 0.1) is 0 Å². The molecule has 1 fully saturated rings. The predicted molar refractivity (Wildman–Crippen MR) is 107 cm³/mol. The van der Waals surface area contributed by atoms with Gasteiger partial charge in [0.25, 0.3) is 0 Å². The van der Waals surface area contributed by atoms with Crippen molar-refractivity contribution in [2.24, 2.45) is 0 Å². The summed E-state index contributed by atoms with van der Waals surface area (Å²) in [5, 5.41) is 6.65. The summed E-state index contributed by atoms with van der Waals surface area (Å²) in [5.74, 6) is 0. The predicted octanol–water partition coefficient (Wildman–Crippen LogP) is 4.07.